The van der Waals surface area contributed by atoms with E-state index in [4.69, 9.17) is 34.9 Å². The van der Waals surface area contributed by atoms with Gasteiger partial charge in [-0.15, -0.1) is 0 Å². The molecule has 0 aliphatic heterocycles. The monoisotopic (exact) mass is 722 g/mol. The van der Waals surface area contributed by atoms with Crippen LogP contribution < -0.4 is 0 Å². The van der Waals surface area contributed by atoms with Gasteiger partial charge in [0.2, 0.25) is 0 Å². The molecule has 0 fully saturated rings. The van der Waals surface area contributed by atoms with Crippen molar-refractivity contribution >= 4 is 21.8 Å². The van der Waals surface area contributed by atoms with Gasteiger partial charge in [0.15, 0.2) is 34.9 Å². The van der Waals surface area contributed by atoms with Gasteiger partial charge < -0.3 is 0 Å². The predicted octanol–water partition coefficient (Wildman–Crippen LogP) is 9.65. The Kier molecular flexibility index (Phi) is 8.11. The van der Waals surface area contributed by atoms with Crippen molar-refractivity contribution in [1.29, 1.82) is 0 Å². The Morgan fingerprint density at radius 1 is 0.357 bits per heavy atom. The molecule has 0 amide bonds. The molecule has 10 rings (SSSR count). The third-order valence-electron chi connectivity index (χ3n) is 9.51. The smallest absolute Gasteiger partial charge is 0.182 e. The number of hydrogen-bond donors (Lipinski definition) is 0. The molecule has 6 aromatic heterocycles. The van der Waals surface area contributed by atoms with E-state index >= 15 is 0 Å². The van der Waals surface area contributed by atoms with Crippen molar-refractivity contribution < 1.29 is 0 Å². The molecule has 0 unspecified atom stereocenters. The van der Waals surface area contributed by atoms with Gasteiger partial charge in [-0.2, -0.15) is 0 Å². The van der Waals surface area contributed by atoms with Gasteiger partial charge in [0.05, 0.1) is 11.0 Å². The summed E-state index contributed by atoms with van der Waals surface area (Å²) in [5, 5.41) is 1.98. The highest BCUT2D eigenvalue weighted by Gasteiger charge is 2.20. The first-order valence-electron chi connectivity index (χ1n) is 18.1. The minimum absolute atomic E-state index is 0.496. The van der Waals surface area contributed by atoms with Crippen LogP contribution in [0.2, 0.25) is 0 Å². The Labute approximate surface area is 321 Å². The number of fused-ring (bicyclic) bond motifs is 3. The van der Waals surface area contributed by atoms with Gasteiger partial charge in [0, 0.05) is 51.1 Å². The molecular weight excluding hydrogens is 693 g/mol. The van der Waals surface area contributed by atoms with Crippen molar-refractivity contribution in [2.75, 3.05) is 0 Å². The standard InChI is InChI=1S/C46H30N10/c1-29-13-12-20-40(49-29)56-38-23-21-32(43-50-41(30-14-4-2-5-15-30)52-45(54-43)36-18-8-10-25-47-36)27-34(38)35-28-33(22-24-39(35)56)44-51-42(31-16-6-3-7-17-31)53-46(55-44)37-19-9-11-26-48-37/h2-28H,1H3. The van der Waals surface area contributed by atoms with Gasteiger partial charge in [0.25, 0.3) is 0 Å². The van der Waals surface area contributed by atoms with Crippen LogP contribution in [-0.2, 0) is 0 Å². The Bertz CT molecular complexity index is 2730. The average molecular weight is 723 g/mol. The minimum Gasteiger partial charge on any atom is -0.294 e. The molecule has 56 heavy (non-hydrogen) atoms. The molecule has 264 valence electrons. The number of hydrogen-bond acceptors (Lipinski definition) is 9. The number of nitrogens with zero attached hydrogens (tertiary/aromatic N) is 10. The fourth-order valence-corrected chi connectivity index (χ4v) is 6.86. The topological polar surface area (TPSA) is 121 Å². The summed E-state index contributed by atoms with van der Waals surface area (Å²) in [4.78, 5) is 43.7. The van der Waals surface area contributed by atoms with Crippen molar-refractivity contribution in [2.45, 2.75) is 6.92 Å². The third-order valence-corrected chi connectivity index (χ3v) is 9.51. The molecule has 0 N–H and O–H groups in total. The second-order valence-electron chi connectivity index (χ2n) is 13.2. The van der Waals surface area contributed by atoms with Crippen LogP contribution in [0.15, 0.2) is 164 Å². The summed E-state index contributed by atoms with van der Waals surface area (Å²) >= 11 is 0. The van der Waals surface area contributed by atoms with E-state index in [9.17, 15) is 0 Å². The lowest BCUT2D eigenvalue weighted by Crippen LogP contribution is -2.01. The SMILES string of the molecule is Cc1cccc(-n2c3ccc(-c4nc(-c5ccccc5)nc(-c5ccccn5)n4)cc3c3cc(-c4nc(-c5ccccc5)nc(-c5ccccn5)n4)ccc32)n1. The van der Waals surface area contributed by atoms with Crippen molar-refractivity contribution in [2.24, 2.45) is 0 Å². The molecule has 4 aromatic carbocycles. The van der Waals surface area contributed by atoms with Gasteiger partial charge in [-0.25, -0.2) is 34.9 Å². The van der Waals surface area contributed by atoms with Crippen LogP contribution in [-0.4, -0.2) is 49.4 Å². The zero-order valence-electron chi connectivity index (χ0n) is 30.1. The van der Waals surface area contributed by atoms with Crippen LogP contribution in [0.5, 0.6) is 0 Å². The zero-order chi connectivity index (χ0) is 37.4. The van der Waals surface area contributed by atoms with Crippen molar-refractivity contribution in [3.8, 4) is 74.4 Å². The van der Waals surface area contributed by atoms with Crippen LogP contribution in [0.1, 0.15) is 5.69 Å². The highest BCUT2D eigenvalue weighted by Crippen LogP contribution is 2.37. The maximum absolute atomic E-state index is 5.00. The van der Waals surface area contributed by atoms with E-state index in [-0.39, 0.29) is 0 Å². The van der Waals surface area contributed by atoms with Crippen molar-refractivity contribution in [3.05, 3.63) is 170 Å². The highest BCUT2D eigenvalue weighted by molar-refractivity contribution is 6.11. The highest BCUT2D eigenvalue weighted by atomic mass is 15.1. The van der Waals surface area contributed by atoms with E-state index in [2.05, 4.69) is 50.9 Å². The fourth-order valence-electron chi connectivity index (χ4n) is 6.86. The summed E-state index contributed by atoms with van der Waals surface area (Å²) in [6.07, 6.45) is 3.49. The van der Waals surface area contributed by atoms with Crippen LogP contribution in [0.3, 0.4) is 0 Å². The molecule has 0 bridgehead atoms. The first kappa shape index (κ1) is 32.8. The van der Waals surface area contributed by atoms with Gasteiger partial charge >= 0.3 is 0 Å². The minimum atomic E-state index is 0.496. The lowest BCUT2D eigenvalue weighted by atomic mass is 10.1. The molecule has 0 radical (unpaired) electrons. The lowest BCUT2D eigenvalue weighted by molar-refractivity contribution is 1.05. The van der Waals surface area contributed by atoms with E-state index in [1.165, 1.54) is 0 Å². The van der Waals surface area contributed by atoms with Crippen LogP contribution in [0.4, 0.5) is 0 Å². The first-order valence-corrected chi connectivity index (χ1v) is 18.1. The summed E-state index contributed by atoms with van der Waals surface area (Å²) < 4.78 is 2.19. The van der Waals surface area contributed by atoms with Crippen LogP contribution in [0.25, 0.3) is 96.2 Å². The second-order valence-corrected chi connectivity index (χ2v) is 13.2. The summed E-state index contributed by atoms with van der Waals surface area (Å²) in [6.45, 7) is 2.00. The number of benzene rings is 4. The summed E-state index contributed by atoms with van der Waals surface area (Å²) in [6, 6.07) is 50.0. The Balaban J connectivity index is 1.20. The van der Waals surface area contributed by atoms with Crippen molar-refractivity contribution in [3.63, 3.8) is 0 Å². The Hall–Kier alpha value is -7.85. The number of rotatable bonds is 7. The molecule has 10 aromatic rings. The molecule has 0 aliphatic carbocycles. The van der Waals surface area contributed by atoms with Crippen LogP contribution in [0, 0.1) is 6.92 Å². The summed E-state index contributed by atoms with van der Waals surface area (Å²) in [5.41, 5.74) is 7.66. The zero-order valence-corrected chi connectivity index (χ0v) is 30.1. The van der Waals surface area contributed by atoms with E-state index in [1.807, 2.05) is 122 Å². The van der Waals surface area contributed by atoms with E-state index in [0.717, 1.165) is 55.6 Å². The lowest BCUT2D eigenvalue weighted by Gasteiger charge is -2.09. The molecule has 6 heterocycles. The molecule has 0 aliphatic rings. The van der Waals surface area contributed by atoms with Gasteiger partial charge in [-0.05, 0) is 79.7 Å². The van der Waals surface area contributed by atoms with Gasteiger partial charge in [-0.3, -0.25) is 14.5 Å². The average Bonchev–Trinajstić information content (AvgIpc) is 3.60. The molecule has 0 atom stereocenters. The van der Waals surface area contributed by atoms with Crippen molar-refractivity contribution in [1.82, 2.24) is 49.4 Å². The maximum atomic E-state index is 5.00. The number of aromatic nitrogens is 10. The maximum Gasteiger partial charge on any atom is 0.182 e. The second kappa shape index (κ2) is 13.9. The Morgan fingerprint density at radius 2 is 0.804 bits per heavy atom. The van der Waals surface area contributed by atoms with E-state index in [0.29, 0.717) is 46.3 Å². The van der Waals surface area contributed by atoms with Gasteiger partial charge in [0.1, 0.15) is 17.2 Å². The summed E-state index contributed by atoms with van der Waals surface area (Å²) in [5.74, 6) is 4.02. The Morgan fingerprint density at radius 3 is 1.25 bits per heavy atom. The molecular formula is C46H30N10. The number of pyridine rings is 3. The molecule has 10 heteroatoms. The predicted molar refractivity (Wildman–Crippen MR) is 218 cm³/mol. The van der Waals surface area contributed by atoms with E-state index in [1.54, 1.807) is 12.4 Å². The van der Waals surface area contributed by atoms with E-state index < -0.39 is 0 Å². The molecule has 0 spiro atoms. The largest absolute Gasteiger partial charge is 0.294 e. The first-order chi connectivity index (χ1) is 27.6. The quantitative estimate of drug-likeness (QED) is 0.158. The fraction of sp³-hybridized carbons (Fsp3) is 0.0217. The number of aryl methyl sites for hydroxylation is 1. The molecule has 0 saturated heterocycles. The molecule has 10 nitrogen and oxygen atoms in total. The van der Waals surface area contributed by atoms with Crippen LogP contribution >= 0.6 is 0 Å². The third kappa shape index (κ3) is 6.10. The normalized spacial score (nSPS) is 11.3. The molecule has 0 saturated carbocycles. The summed E-state index contributed by atoms with van der Waals surface area (Å²) in [7, 11) is 0. The van der Waals surface area contributed by atoms with Gasteiger partial charge in [-0.1, -0.05) is 78.9 Å².